The lowest BCUT2D eigenvalue weighted by atomic mass is 10.0. The summed E-state index contributed by atoms with van der Waals surface area (Å²) >= 11 is 0. The third-order valence-electron chi connectivity index (χ3n) is 4.06. The van der Waals surface area contributed by atoms with Gasteiger partial charge in [-0.25, -0.2) is 4.79 Å². The molecule has 148 valence electrons. The number of carboxylic acid groups (broad SMARTS) is 1. The molecule has 2 aromatic carbocycles. The monoisotopic (exact) mass is 385 g/mol. The van der Waals surface area contributed by atoms with Gasteiger partial charge in [0.25, 0.3) is 0 Å². The van der Waals surface area contributed by atoms with E-state index in [0.717, 1.165) is 10.8 Å². The van der Waals surface area contributed by atoms with Crippen LogP contribution in [0.4, 0.5) is 0 Å². The number of benzene rings is 2. The van der Waals surface area contributed by atoms with Gasteiger partial charge in [0.05, 0.1) is 0 Å². The van der Waals surface area contributed by atoms with E-state index in [1.807, 2.05) is 24.3 Å². The SMILES string of the molecule is CC(=O)NCCNC(=O)CCC(=O)NC(C(=O)O)c1ccc2ccccc2c1. The Bertz CT molecular complexity index is 881. The Labute approximate surface area is 162 Å². The molecule has 4 N–H and O–H groups in total. The zero-order chi connectivity index (χ0) is 20.5. The molecule has 1 atom stereocenters. The van der Waals surface area contributed by atoms with Crippen LogP contribution in [-0.4, -0.2) is 41.9 Å². The van der Waals surface area contributed by atoms with E-state index in [0.29, 0.717) is 12.1 Å². The van der Waals surface area contributed by atoms with Crippen LogP contribution in [0.15, 0.2) is 42.5 Å². The number of amides is 3. The van der Waals surface area contributed by atoms with Crippen LogP contribution in [0.1, 0.15) is 31.4 Å². The lowest BCUT2D eigenvalue weighted by Gasteiger charge is -2.15. The lowest BCUT2D eigenvalue weighted by Crippen LogP contribution is -2.36. The van der Waals surface area contributed by atoms with Gasteiger partial charge in [-0.2, -0.15) is 0 Å². The molecule has 2 rings (SSSR count). The molecule has 0 aliphatic rings. The maximum absolute atomic E-state index is 12.1. The van der Waals surface area contributed by atoms with Crippen molar-refractivity contribution in [3.8, 4) is 0 Å². The Hall–Kier alpha value is -3.42. The Balaban J connectivity index is 1.89. The summed E-state index contributed by atoms with van der Waals surface area (Å²) in [5, 5.41) is 18.9. The van der Waals surface area contributed by atoms with Crippen molar-refractivity contribution in [2.75, 3.05) is 13.1 Å². The predicted molar refractivity (Wildman–Crippen MR) is 103 cm³/mol. The molecule has 0 aromatic heterocycles. The van der Waals surface area contributed by atoms with Crippen LogP contribution in [0.25, 0.3) is 10.8 Å². The first kappa shape index (κ1) is 20.9. The van der Waals surface area contributed by atoms with Gasteiger partial charge in [-0.15, -0.1) is 0 Å². The molecule has 0 saturated carbocycles. The first-order chi connectivity index (χ1) is 13.4. The van der Waals surface area contributed by atoms with Gasteiger partial charge in [0.2, 0.25) is 17.7 Å². The predicted octanol–water partition coefficient (Wildman–Crippen LogP) is 1.11. The van der Waals surface area contributed by atoms with Crippen LogP contribution in [0.2, 0.25) is 0 Å². The van der Waals surface area contributed by atoms with Crippen molar-refractivity contribution < 1.29 is 24.3 Å². The van der Waals surface area contributed by atoms with E-state index in [-0.39, 0.29) is 31.2 Å². The van der Waals surface area contributed by atoms with E-state index < -0.39 is 17.9 Å². The maximum Gasteiger partial charge on any atom is 0.330 e. The minimum Gasteiger partial charge on any atom is -0.479 e. The smallest absolute Gasteiger partial charge is 0.330 e. The number of fused-ring (bicyclic) bond motifs is 1. The number of aliphatic carboxylic acids is 1. The van der Waals surface area contributed by atoms with Crippen LogP contribution in [0, 0.1) is 0 Å². The summed E-state index contributed by atoms with van der Waals surface area (Å²) in [6, 6.07) is 11.5. The van der Waals surface area contributed by atoms with Gasteiger partial charge in [0, 0.05) is 32.9 Å². The quantitative estimate of drug-likeness (QED) is 0.482. The lowest BCUT2D eigenvalue weighted by molar-refractivity contribution is -0.142. The van der Waals surface area contributed by atoms with Gasteiger partial charge in [0.1, 0.15) is 0 Å². The first-order valence-corrected chi connectivity index (χ1v) is 8.89. The van der Waals surface area contributed by atoms with Gasteiger partial charge in [-0.1, -0.05) is 36.4 Å². The van der Waals surface area contributed by atoms with Gasteiger partial charge in [-0.05, 0) is 22.4 Å². The second-order valence-corrected chi connectivity index (χ2v) is 6.28. The fraction of sp³-hybridized carbons (Fsp3) is 0.300. The molecule has 2 aromatic rings. The molecule has 1 unspecified atom stereocenters. The Morgan fingerprint density at radius 3 is 2.21 bits per heavy atom. The van der Waals surface area contributed by atoms with Crippen molar-refractivity contribution in [3.05, 3.63) is 48.0 Å². The van der Waals surface area contributed by atoms with Crippen molar-refractivity contribution >= 4 is 34.5 Å². The molecule has 0 aliphatic carbocycles. The van der Waals surface area contributed by atoms with Crippen molar-refractivity contribution in [1.82, 2.24) is 16.0 Å². The van der Waals surface area contributed by atoms with Crippen molar-refractivity contribution in [3.63, 3.8) is 0 Å². The third-order valence-corrected chi connectivity index (χ3v) is 4.06. The van der Waals surface area contributed by atoms with E-state index in [9.17, 15) is 24.3 Å². The molecule has 8 nitrogen and oxygen atoms in total. The van der Waals surface area contributed by atoms with Crippen LogP contribution in [-0.2, 0) is 19.2 Å². The second kappa shape index (κ2) is 10.1. The summed E-state index contributed by atoms with van der Waals surface area (Å²) in [7, 11) is 0. The van der Waals surface area contributed by atoms with E-state index in [1.165, 1.54) is 6.92 Å². The van der Waals surface area contributed by atoms with Crippen LogP contribution < -0.4 is 16.0 Å². The highest BCUT2D eigenvalue weighted by molar-refractivity contribution is 5.89. The van der Waals surface area contributed by atoms with Gasteiger partial charge in [0.15, 0.2) is 6.04 Å². The molecular weight excluding hydrogens is 362 g/mol. The van der Waals surface area contributed by atoms with Crippen LogP contribution >= 0.6 is 0 Å². The molecule has 0 radical (unpaired) electrons. The standard InChI is InChI=1S/C20H23N3O5/c1-13(24)21-10-11-22-17(25)8-9-18(26)23-19(20(27)28)16-7-6-14-4-2-3-5-15(14)12-16/h2-7,12,19H,8-11H2,1H3,(H,21,24)(H,22,25)(H,23,26)(H,27,28). The number of hydrogen-bond donors (Lipinski definition) is 4. The van der Waals surface area contributed by atoms with Crippen molar-refractivity contribution in [1.29, 1.82) is 0 Å². The van der Waals surface area contributed by atoms with Crippen molar-refractivity contribution in [2.24, 2.45) is 0 Å². The van der Waals surface area contributed by atoms with Crippen molar-refractivity contribution in [2.45, 2.75) is 25.8 Å². The molecule has 28 heavy (non-hydrogen) atoms. The van der Waals surface area contributed by atoms with Gasteiger partial charge >= 0.3 is 5.97 Å². The topological polar surface area (TPSA) is 125 Å². The Morgan fingerprint density at radius 1 is 0.893 bits per heavy atom. The highest BCUT2D eigenvalue weighted by atomic mass is 16.4. The molecule has 0 heterocycles. The largest absolute Gasteiger partial charge is 0.479 e. The highest BCUT2D eigenvalue weighted by Crippen LogP contribution is 2.21. The molecule has 0 saturated heterocycles. The Kier molecular flexibility index (Phi) is 7.50. The van der Waals surface area contributed by atoms with Crippen LogP contribution in [0.5, 0.6) is 0 Å². The number of nitrogens with one attached hydrogen (secondary N) is 3. The molecule has 0 spiro atoms. The Morgan fingerprint density at radius 2 is 1.54 bits per heavy atom. The summed E-state index contributed by atoms with van der Waals surface area (Å²) in [5.74, 6) is -2.25. The second-order valence-electron chi connectivity index (χ2n) is 6.28. The van der Waals surface area contributed by atoms with Gasteiger partial charge in [-0.3, -0.25) is 14.4 Å². The average molecular weight is 385 g/mol. The summed E-state index contributed by atoms with van der Waals surface area (Å²) in [4.78, 5) is 46.2. The zero-order valence-electron chi connectivity index (χ0n) is 15.5. The minimum atomic E-state index is -1.19. The van der Waals surface area contributed by atoms with E-state index in [2.05, 4.69) is 16.0 Å². The number of carboxylic acids is 1. The zero-order valence-corrected chi connectivity index (χ0v) is 15.5. The maximum atomic E-state index is 12.1. The van der Waals surface area contributed by atoms with Crippen LogP contribution in [0.3, 0.4) is 0 Å². The van der Waals surface area contributed by atoms with Gasteiger partial charge < -0.3 is 21.1 Å². The third kappa shape index (κ3) is 6.39. The summed E-state index contributed by atoms with van der Waals surface area (Å²) < 4.78 is 0. The fourth-order valence-corrected chi connectivity index (χ4v) is 2.66. The summed E-state index contributed by atoms with van der Waals surface area (Å²) in [6.07, 6.45) is -0.209. The number of carbonyl (C=O) groups is 4. The first-order valence-electron chi connectivity index (χ1n) is 8.89. The van der Waals surface area contributed by atoms with E-state index in [1.54, 1.807) is 18.2 Å². The number of rotatable bonds is 9. The minimum absolute atomic E-state index is 0.0734. The normalized spacial score (nSPS) is 11.5. The summed E-state index contributed by atoms with van der Waals surface area (Å²) in [5.41, 5.74) is 0.458. The van der Waals surface area contributed by atoms with E-state index in [4.69, 9.17) is 0 Å². The fourth-order valence-electron chi connectivity index (χ4n) is 2.66. The summed E-state index contributed by atoms with van der Waals surface area (Å²) in [6.45, 7) is 1.94. The number of carbonyl (C=O) groups excluding carboxylic acids is 3. The molecular formula is C20H23N3O5. The molecule has 0 aliphatic heterocycles. The average Bonchev–Trinajstić information content (AvgIpc) is 2.67. The number of hydrogen-bond acceptors (Lipinski definition) is 4. The molecule has 0 bridgehead atoms. The molecule has 3 amide bonds. The van der Waals surface area contributed by atoms with E-state index >= 15 is 0 Å². The molecule has 8 heteroatoms. The molecule has 0 fully saturated rings. The highest BCUT2D eigenvalue weighted by Gasteiger charge is 2.22.